The lowest BCUT2D eigenvalue weighted by atomic mass is 9.94. The molecule has 2 heterocycles. The van der Waals surface area contributed by atoms with Crippen molar-refractivity contribution in [3.05, 3.63) is 76.8 Å². The number of hydrogen-bond acceptors (Lipinski definition) is 7. The smallest absolute Gasteiger partial charge is 0.338 e. The first-order valence-corrected chi connectivity index (χ1v) is 12.5. The Morgan fingerprint density at radius 1 is 1.08 bits per heavy atom. The first-order valence-electron chi connectivity index (χ1n) is 12.5. The molecule has 1 aromatic heterocycles. The summed E-state index contributed by atoms with van der Waals surface area (Å²) >= 11 is 0. The van der Waals surface area contributed by atoms with Gasteiger partial charge in [-0.2, -0.15) is 10.1 Å². The van der Waals surface area contributed by atoms with Gasteiger partial charge in [0.15, 0.2) is 11.5 Å². The van der Waals surface area contributed by atoms with Gasteiger partial charge in [-0.3, -0.25) is 0 Å². The van der Waals surface area contributed by atoms with E-state index in [2.05, 4.69) is 34.5 Å². The van der Waals surface area contributed by atoms with Gasteiger partial charge in [-0.05, 0) is 62.8 Å². The highest BCUT2D eigenvalue weighted by molar-refractivity contribution is 5.92. The molecule has 2 aromatic carbocycles. The zero-order chi connectivity index (χ0) is 25.1. The molecular weight excluding hydrogens is 456 g/mol. The first kappa shape index (κ1) is 23.9. The van der Waals surface area contributed by atoms with E-state index in [0.29, 0.717) is 35.3 Å². The fourth-order valence-electron chi connectivity index (χ4n) is 5.00. The van der Waals surface area contributed by atoms with Gasteiger partial charge in [0.25, 0.3) is 0 Å². The molecule has 0 bridgehead atoms. The molecule has 8 heteroatoms. The zero-order valence-electron chi connectivity index (χ0n) is 21.0. The number of rotatable bonds is 7. The molecule has 2 aliphatic rings. The van der Waals surface area contributed by atoms with E-state index in [9.17, 15) is 4.79 Å². The van der Waals surface area contributed by atoms with E-state index < -0.39 is 6.04 Å². The number of fused-ring (bicyclic) bond motifs is 1. The van der Waals surface area contributed by atoms with Crippen molar-refractivity contribution in [2.75, 3.05) is 12.4 Å². The highest BCUT2D eigenvalue weighted by Gasteiger charge is 2.36. The highest BCUT2D eigenvalue weighted by atomic mass is 16.5. The van der Waals surface area contributed by atoms with Crippen molar-refractivity contribution in [3.8, 4) is 11.5 Å². The lowest BCUT2D eigenvalue weighted by Gasteiger charge is -2.30. The molecule has 0 spiro atoms. The minimum Gasteiger partial charge on any atom is -0.493 e. The van der Waals surface area contributed by atoms with Crippen molar-refractivity contribution in [1.82, 2.24) is 14.8 Å². The van der Waals surface area contributed by atoms with Gasteiger partial charge < -0.3 is 19.5 Å². The molecule has 1 aliphatic carbocycles. The van der Waals surface area contributed by atoms with Crippen molar-refractivity contribution in [3.63, 3.8) is 0 Å². The number of anilines is 1. The average molecular weight is 489 g/mol. The molecule has 36 heavy (non-hydrogen) atoms. The second-order valence-electron chi connectivity index (χ2n) is 9.45. The number of aryl methyl sites for hydroxylation is 1. The summed E-state index contributed by atoms with van der Waals surface area (Å²) in [6.07, 6.45) is 6.63. The lowest BCUT2D eigenvalue weighted by molar-refractivity contribution is -0.146. The minimum atomic E-state index is -0.500. The van der Waals surface area contributed by atoms with E-state index in [4.69, 9.17) is 14.2 Å². The van der Waals surface area contributed by atoms with Crippen LogP contribution in [0, 0.1) is 6.92 Å². The van der Waals surface area contributed by atoms with Crippen LogP contribution in [-0.2, 0) is 16.1 Å². The van der Waals surface area contributed by atoms with Crippen molar-refractivity contribution < 1.29 is 19.0 Å². The van der Waals surface area contributed by atoms with Crippen LogP contribution in [0.15, 0.2) is 60.1 Å². The fraction of sp³-hybridized carbons (Fsp3) is 0.393. The predicted octanol–water partition coefficient (Wildman–Crippen LogP) is 5.34. The maximum atomic E-state index is 13.5. The number of carbonyl (C=O) groups excluding carboxylic acids is 1. The summed E-state index contributed by atoms with van der Waals surface area (Å²) in [5.41, 5.74) is 4.33. The van der Waals surface area contributed by atoms with Crippen molar-refractivity contribution in [2.45, 2.75) is 64.7 Å². The summed E-state index contributed by atoms with van der Waals surface area (Å²) in [5, 5.41) is 7.62. The largest absolute Gasteiger partial charge is 0.493 e. The number of allylic oxidation sites excluding steroid dienone is 1. The third kappa shape index (κ3) is 4.94. The van der Waals surface area contributed by atoms with E-state index in [1.165, 1.54) is 18.3 Å². The van der Waals surface area contributed by atoms with Gasteiger partial charge in [0.1, 0.15) is 25.1 Å². The van der Waals surface area contributed by atoms with Crippen LogP contribution in [0.5, 0.6) is 11.5 Å². The average Bonchev–Trinajstić information content (AvgIpc) is 3.35. The quantitative estimate of drug-likeness (QED) is 0.449. The maximum absolute atomic E-state index is 13.5. The Kier molecular flexibility index (Phi) is 6.93. The van der Waals surface area contributed by atoms with Crippen molar-refractivity contribution in [1.29, 1.82) is 0 Å². The molecule has 1 atom stereocenters. The van der Waals surface area contributed by atoms with Crippen LogP contribution in [0.1, 0.15) is 61.8 Å². The Labute approximate surface area is 211 Å². The van der Waals surface area contributed by atoms with Crippen molar-refractivity contribution in [2.24, 2.45) is 0 Å². The van der Waals surface area contributed by atoms with Gasteiger partial charge in [0.05, 0.1) is 12.7 Å². The van der Waals surface area contributed by atoms with Crippen LogP contribution in [0.4, 0.5) is 5.95 Å². The number of benzene rings is 2. The van der Waals surface area contributed by atoms with Crippen LogP contribution in [0.3, 0.4) is 0 Å². The van der Waals surface area contributed by atoms with Gasteiger partial charge in [-0.1, -0.05) is 42.3 Å². The summed E-state index contributed by atoms with van der Waals surface area (Å²) in [6.45, 7) is 4.36. The Balaban J connectivity index is 1.44. The number of esters is 1. The number of carbonyl (C=O) groups is 1. The number of aromatic nitrogens is 3. The topological polar surface area (TPSA) is 87.5 Å². The molecule has 1 saturated carbocycles. The molecule has 0 amide bonds. The second-order valence-corrected chi connectivity index (χ2v) is 9.45. The monoisotopic (exact) mass is 488 g/mol. The third-order valence-electron chi connectivity index (χ3n) is 6.82. The Bertz CT molecular complexity index is 1280. The van der Waals surface area contributed by atoms with E-state index in [-0.39, 0.29) is 12.1 Å². The summed E-state index contributed by atoms with van der Waals surface area (Å²) in [6, 6.07) is 13.4. The summed E-state index contributed by atoms with van der Waals surface area (Å²) in [7, 11) is 1.61. The Morgan fingerprint density at radius 2 is 1.92 bits per heavy atom. The third-order valence-corrected chi connectivity index (χ3v) is 6.82. The molecule has 0 radical (unpaired) electrons. The summed E-state index contributed by atoms with van der Waals surface area (Å²) < 4.78 is 19.5. The molecule has 1 aliphatic heterocycles. The normalized spacial score (nSPS) is 17.8. The molecule has 188 valence electrons. The van der Waals surface area contributed by atoms with Gasteiger partial charge in [-0.25, -0.2) is 9.48 Å². The number of nitrogens with zero attached hydrogens (tertiary/aromatic N) is 3. The number of nitrogens with one attached hydrogen (secondary N) is 1. The van der Waals surface area contributed by atoms with E-state index in [1.807, 2.05) is 37.3 Å². The lowest BCUT2D eigenvalue weighted by Crippen LogP contribution is -2.32. The minimum absolute atomic E-state index is 0.0451. The van der Waals surface area contributed by atoms with Crippen molar-refractivity contribution >= 4 is 11.9 Å². The van der Waals surface area contributed by atoms with Gasteiger partial charge in [0, 0.05) is 5.70 Å². The summed E-state index contributed by atoms with van der Waals surface area (Å²) in [5.74, 6) is 1.46. The van der Waals surface area contributed by atoms with Gasteiger partial charge >= 0.3 is 5.97 Å². The first-order chi connectivity index (χ1) is 17.5. The fourth-order valence-corrected chi connectivity index (χ4v) is 5.00. The van der Waals surface area contributed by atoms with Crippen LogP contribution >= 0.6 is 0 Å². The SMILES string of the molecule is COc1cc(C2C(C(=O)OC3CCCCC3)=C(C)Nc3ncnn32)ccc1OCc1cccc(C)c1. The molecule has 1 fully saturated rings. The van der Waals surface area contributed by atoms with Crippen LogP contribution in [0.25, 0.3) is 0 Å². The summed E-state index contributed by atoms with van der Waals surface area (Å²) in [4.78, 5) is 17.8. The van der Waals surface area contributed by atoms with Gasteiger partial charge in [0.2, 0.25) is 5.95 Å². The second kappa shape index (κ2) is 10.4. The molecule has 1 unspecified atom stereocenters. The number of ether oxygens (including phenoxy) is 3. The zero-order valence-corrected chi connectivity index (χ0v) is 21.0. The molecule has 5 rings (SSSR count). The number of methoxy groups -OCH3 is 1. The highest BCUT2D eigenvalue weighted by Crippen LogP contribution is 2.39. The molecule has 0 saturated heterocycles. The molecule has 3 aromatic rings. The van der Waals surface area contributed by atoms with Gasteiger partial charge in [-0.15, -0.1) is 0 Å². The van der Waals surface area contributed by atoms with Crippen LogP contribution in [-0.4, -0.2) is 33.9 Å². The Hall–Kier alpha value is -3.81. The van der Waals surface area contributed by atoms with Crippen LogP contribution < -0.4 is 14.8 Å². The van der Waals surface area contributed by atoms with E-state index in [1.54, 1.807) is 11.8 Å². The van der Waals surface area contributed by atoms with Crippen LogP contribution in [0.2, 0.25) is 0 Å². The Morgan fingerprint density at radius 3 is 2.69 bits per heavy atom. The van der Waals surface area contributed by atoms with E-state index in [0.717, 1.165) is 36.8 Å². The molecule has 8 nitrogen and oxygen atoms in total. The molecular formula is C28H32N4O4. The number of hydrogen-bond donors (Lipinski definition) is 1. The standard InChI is InChI=1S/C28H32N4O4/c1-18-8-7-9-20(14-18)16-35-23-13-12-21(15-24(23)34-3)26-25(19(2)31-28-29-17-30-32(26)28)27(33)36-22-10-5-4-6-11-22/h7-9,12-15,17,22,26H,4-6,10-11,16H2,1-3H3,(H,29,30,31). The predicted molar refractivity (Wildman–Crippen MR) is 136 cm³/mol. The molecule has 1 N–H and O–H groups in total. The maximum Gasteiger partial charge on any atom is 0.338 e. The van der Waals surface area contributed by atoms with E-state index >= 15 is 0 Å².